The first-order valence-corrected chi connectivity index (χ1v) is 12.7. The van der Waals surface area contributed by atoms with Gasteiger partial charge in [0.05, 0.1) is 17.9 Å². The van der Waals surface area contributed by atoms with Crippen molar-refractivity contribution in [1.29, 1.82) is 5.26 Å². The van der Waals surface area contributed by atoms with Gasteiger partial charge in [-0.05, 0) is 29.3 Å². The summed E-state index contributed by atoms with van der Waals surface area (Å²) in [6.07, 6.45) is 1.31. The number of ether oxygens (including phenoxy) is 2. The topological polar surface area (TPSA) is 131 Å². The van der Waals surface area contributed by atoms with Crippen molar-refractivity contribution < 1.29 is 22.7 Å². The van der Waals surface area contributed by atoms with Gasteiger partial charge in [0.15, 0.2) is 11.5 Å². The standard InChI is InChI=1S/C22H19ClN4O5S2/c1-3-34(29,30)22-27-26-21(33-22)25-20(28)16(12-24)9-15-10-17(23)19(18(11-15)31-2)32-13-14-7-5-4-6-8-14/h4-11H,3,13H2,1-2H3,(H,25,26,28)/b16-9-. The molecule has 176 valence electrons. The third-order valence-electron chi connectivity index (χ3n) is 4.43. The summed E-state index contributed by atoms with van der Waals surface area (Å²) in [6.45, 7) is 1.75. The Morgan fingerprint density at radius 1 is 1.26 bits per heavy atom. The molecule has 0 aliphatic rings. The summed E-state index contributed by atoms with van der Waals surface area (Å²) in [4.78, 5) is 12.5. The Bertz CT molecular complexity index is 1370. The van der Waals surface area contributed by atoms with E-state index in [0.29, 0.717) is 28.4 Å². The van der Waals surface area contributed by atoms with Crippen molar-refractivity contribution in [1.82, 2.24) is 10.2 Å². The molecule has 0 unspecified atom stereocenters. The van der Waals surface area contributed by atoms with Crippen LogP contribution < -0.4 is 14.8 Å². The first kappa shape index (κ1) is 25.2. The fourth-order valence-electron chi connectivity index (χ4n) is 2.68. The van der Waals surface area contributed by atoms with E-state index < -0.39 is 15.7 Å². The molecule has 2 aromatic carbocycles. The number of benzene rings is 2. The number of nitrogens with one attached hydrogen (secondary N) is 1. The van der Waals surface area contributed by atoms with Crippen LogP contribution in [-0.4, -0.2) is 37.4 Å². The Morgan fingerprint density at radius 2 is 2.00 bits per heavy atom. The van der Waals surface area contributed by atoms with Crippen molar-refractivity contribution >= 4 is 49.9 Å². The van der Waals surface area contributed by atoms with Crippen LogP contribution in [0.2, 0.25) is 5.02 Å². The summed E-state index contributed by atoms with van der Waals surface area (Å²) < 4.78 is 34.7. The van der Waals surface area contributed by atoms with Crippen LogP contribution in [0, 0.1) is 11.3 Å². The highest BCUT2D eigenvalue weighted by atomic mass is 35.5. The molecule has 34 heavy (non-hydrogen) atoms. The zero-order valence-electron chi connectivity index (χ0n) is 18.1. The van der Waals surface area contributed by atoms with E-state index in [9.17, 15) is 18.5 Å². The summed E-state index contributed by atoms with van der Waals surface area (Å²) in [5.41, 5.74) is 1.11. The van der Waals surface area contributed by atoms with Crippen molar-refractivity contribution in [3.8, 4) is 17.6 Å². The number of rotatable bonds is 9. The highest BCUT2D eigenvalue weighted by Crippen LogP contribution is 2.37. The van der Waals surface area contributed by atoms with Gasteiger partial charge < -0.3 is 9.47 Å². The third kappa shape index (κ3) is 6.11. The van der Waals surface area contributed by atoms with Crippen LogP contribution in [0.5, 0.6) is 11.5 Å². The fourth-order valence-corrected chi connectivity index (χ4v) is 4.94. The minimum Gasteiger partial charge on any atom is -0.493 e. The van der Waals surface area contributed by atoms with E-state index >= 15 is 0 Å². The van der Waals surface area contributed by atoms with Crippen LogP contribution in [0.25, 0.3) is 6.08 Å². The Kier molecular flexibility index (Phi) is 8.22. The van der Waals surface area contributed by atoms with E-state index in [0.717, 1.165) is 5.56 Å². The van der Waals surface area contributed by atoms with E-state index in [-0.39, 0.29) is 32.4 Å². The number of sulfone groups is 1. The van der Waals surface area contributed by atoms with Crippen molar-refractivity contribution in [3.05, 3.63) is 64.2 Å². The first-order valence-electron chi connectivity index (χ1n) is 9.81. The molecule has 3 rings (SSSR count). The number of nitrogens with zero attached hydrogens (tertiary/aromatic N) is 3. The van der Waals surface area contributed by atoms with Crippen LogP contribution in [0.4, 0.5) is 5.13 Å². The molecule has 3 aromatic rings. The number of methoxy groups -OCH3 is 1. The molecule has 0 radical (unpaired) electrons. The maximum atomic E-state index is 12.5. The van der Waals surface area contributed by atoms with Gasteiger partial charge in [-0.2, -0.15) is 5.26 Å². The Hall–Kier alpha value is -3.46. The van der Waals surface area contributed by atoms with E-state index in [1.807, 2.05) is 36.4 Å². The van der Waals surface area contributed by atoms with Gasteiger partial charge in [-0.3, -0.25) is 10.1 Å². The largest absolute Gasteiger partial charge is 0.493 e. The SMILES string of the molecule is CCS(=O)(=O)c1nnc(NC(=O)/C(C#N)=C\c2cc(Cl)c(OCc3ccccc3)c(OC)c2)s1. The van der Waals surface area contributed by atoms with Gasteiger partial charge in [0.2, 0.25) is 19.3 Å². The highest BCUT2D eigenvalue weighted by molar-refractivity contribution is 7.93. The number of nitriles is 1. The molecule has 0 saturated carbocycles. The minimum absolute atomic E-state index is 0.0431. The predicted octanol–water partition coefficient (Wildman–Crippen LogP) is 4.12. The summed E-state index contributed by atoms with van der Waals surface area (Å²) in [6, 6.07) is 14.4. The molecule has 0 bridgehead atoms. The van der Waals surface area contributed by atoms with Gasteiger partial charge in [0.25, 0.3) is 5.91 Å². The maximum absolute atomic E-state index is 12.5. The third-order valence-corrected chi connectivity index (χ3v) is 7.73. The molecule has 0 aliphatic carbocycles. The second-order valence-electron chi connectivity index (χ2n) is 6.71. The quantitative estimate of drug-likeness (QED) is 0.254. The molecular formula is C22H19ClN4O5S2. The van der Waals surface area contributed by atoms with E-state index in [4.69, 9.17) is 21.1 Å². The lowest BCUT2D eigenvalue weighted by Gasteiger charge is -2.13. The highest BCUT2D eigenvalue weighted by Gasteiger charge is 2.20. The molecule has 12 heteroatoms. The number of carbonyl (C=O) groups excluding carboxylic acids is 1. The predicted molar refractivity (Wildman–Crippen MR) is 129 cm³/mol. The smallest absolute Gasteiger partial charge is 0.268 e. The van der Waals surface area contributed by atoms with Crippen molar-refractivity contribution in [2.75, 3.05) is 18.2 Å². The molecule has 0 spiro atoms. The normalized spacial score (nSPS) is 11.5. The zero-order chi connectivity index (χ0) is 24.7. The van der Waals surface area contributed by atoms with Gasteiger partial charge in [0.1, 0.15) is 18.2 Å². The molecule has 1 amide bonds. The van der Waals surface area contributed by atoms with Crippen molar-refractivity contribution in [2.24, 2.45) is 0 Å². The lowest BCUT2D eigenvalue weighted by atomic mass is 10.1. The number of hydrogen-bond acceptors (Lipinski definition) is 9. The number of carbonyl (C=O) groups is 1. The zero-order valence-corrected chi connectivity index (χ0v) is 20.5. The van der Waals surface area contributed by atoms with Crippen molar-refractivity contribution in [2.45, 2.75) is 17.9 Å². The Balaban J connectivity index is 1.80. The lowest BCUT2D eigenvalue weighted by molar-refractivity contribution is -0.112. The average molecular weight is 519 g/mol. The second kappa shape index (κ2) is 11.1. The molecule has 1 aromatic heterocycles. The monoisotopic (exact) mass is 518 g/mol. The minimum atomic E-state index is -3.55. The Labute approximate surface area is 205 Å². The van der Waals surface area contributed by atoms with Gasteiger partial charge >= 0.3 is 0 Å². The summed E-state index contributed by atoms with van der Waals surface area (Å²) >= 11 is 7.09. The number of amides is 1. The molecule has 1 N–H and O–H groups in total. The summed E-state index contributed by atoms with van der Waals surface area (Å²) in [7, 11) is -2.10. The average Bonchev–Trinajstić information content (AvgIpc) is 3.31. The van der Waals surface area contributed by atoms with Gasteiger partial charge in [-0.15, -0.1) is 10.2 Å². The first-order chi connectivity index (χ1) is 16.3. The van der Waals surface area contributed by atoms with Crippen LogP contribution in [0.1, 0.15) is 18.1 Å². The van der Waals surface area contributed by atoms with Crippen LogP contribution >= 0.6 is 22.9 Å². The molecule has 1 heterocycles. The number of halogens is 1. The molecule has 0 fully saturated rings. The van der Waals surface area contributed by atoms with Gasteiger partial charge in [-0.25, -0.2) is 8.42 Å². The number of anilines is 1. The Morgan fingerprint density at radius 3 is 2.65 bits per heavy atom. The summed E-state index contributed by atoms with van der Waals surface area (Å²) in [5, 5.41) is 19.3. The molecule has 9 nitrogen and oxygen atoms in total. The molecule has 0 aliphatic heterocycles. The fraction of sp³-hybridized carbons (Fsp3) is 0.182. The van der Waals surface area contributed by atoms with Crippen LogP contribution in [0.15, 0.2) is 52.4 Å². The molecule has 0 saturated heterocycles. The lowest BCUT2D eigenvalue weighted by Crippen LogP contribution is -2.13. The maximum Gasteiger partial charge on any atom is 0.268 e. The van der Waals surface area contributed by atoms with E-state index in [1.165, 1.54) is 26.2 Å². The number of hydrogen-bond donors (Lipinski definition) is 1. The van der Waals surface area contributed by atoms with Gasteiger partial charge in [0, 0.05) is 0 Å². The number of aromatic nitrogens is 2. The van der Waals surface area contributed by atoms with Crippen LogP contribution in [-0.2, 0) is 21.2 Å². The van der Waals surface area contributed by atoms with Crippen LogP contribution in [0.3, 0.4) is 0 Å². The van der Waals surface area contributed by atoms with E-state index in [1.54, 1.807) is 6.07 Å². The van der Waals surface area contributed by atoms with Crippen molar-refractivity contribution in [3.63, 3.8) is 0 Å². The molecular weight excluding hydrogens is 500 g/mol. The van der Waals surface area contributed by atoms with E-state index in [2.05, 4.69) is 15.5 Å². The second-order valence-corrected chi connectivity index (χ2v) is 10.5. The molecule has 0 atom stereocenters. The van der Waals surface area contributed by atoms with Gasteiger partial charge in [-0.1, -0.05) is 60.2 Å². The summed E-state index contributed by atoms with van der Waals surface area (Å²) in [5.74, 6) is -0.275.